The van der Waals surface area contributed by atoms with Crippen molar-refractivity contribution in [3.8, 4) is 5.75 Å². The lowest BCUT2D eigenvalue weighted by molar-refractivity contribution is 0.0509. The van der Waals surface area contributed by atoms with Crippen molar-refractivity contribution >= 4 is 27.5 Å². The fraction of sp³-hybridized carbons (Fsp3) is 0.500. The molecule has 1 fully saturated rings. The van der Waals surface area contributed by atoms with Crippen LogP contribution >= 0.6 is 11.3 Å². The van der Waals surface area contributed by atoms with E-state index in [-0.39, 0.29) is 17.6 Å². The van der Waals surface area contributed by atoms with Crippen LogP contribution in [0.2, 0.25) is 0 Å². The zero-order valence-electron chi connectivity index (χ0n) is 19.8. The van der Waals surface area contributed by atoms with Crippen LogP contribution in [0, 0.1) is 6.92 Å². The number of methoxy groups -OCH3 is 1. The van der Waals surface area contributed by atoms with E-state index in [0.717, 1.165) is 67.8 Å². The molecule has 7 nitrogen and oxygen atoms in total. The number of carbonyl (C=O) groups excluding carboxylic acids is 1. The number of fused-ring (bicyclic) bond motifs is 2. The van der Waals surface area contributed by atoms with Crippen LogP contribution in [-0.4, -0.2) is 46.7 Å². The maximum absolute atomic E-state index is 13.9. The molecule has 0 spiro atoms. The summed E-state index contributed by atoms with van der Waals surface area (Å²) in [4.78, 5) is 35.2. The molecular weight excluding hydrogens is 450 g/mol. The number of amides is 1. The Bertz CT molecular complexity index is 1260. The Hall–Kier alpha value is -2.71. The van der Waals surface area contributed by atoms with Crippen LogP contribution in [0.1, 0.15) is 58.7 Å². The minimum Gasteiger partial charge on any atom is -0.496 e. The zero-order valence-corrected chi connectivity index (χ0v) is 20.7. The molecule has 5 rings (SSSR count). The summed E-state index contributed by atoms with van der Waals surface area (Å²) < 4.78 is 13.2. The molecule has 0 aliphatic carbocycles. The molecule has 180 valence electrons. The highest BCUT2D eigenvalue weighted by molar-refractivity contribution is 7.20. The first-order valence-electron chi connectivity index (χ1n) is 12.1. The fourth-order valence-corrected chi connectivity index (χ4v) is 6.21. The van der Waals surface area contributed by atoms with Crippen molar-refractivity contribution in [1.29, 1.82) is 0 Å². The molecule has 0 bridgehead atoms. The van der Waals surface area contributed by atoms with Gasteiger partial charge in [-0.3, -0.25) is 14.2 Å². The molecule has 2 aliphatic rings. The van der Waals surface area contributed by atoms with Gasteiger partial charge in [-0.2, -0.15) is 0 Å². The number of para-hydroxylation sites is 1. The van der Waals surface area contributed by atoms with Crippen molar-refractivity contribution in [3.63, 3.8) is 0 Å². The van der Waals surface area contributed by atoms with Gasteiger partial charge in [0.25, 0.3) is 11.5 Å². The van der Waals surface area contributed by atoms with E-state index in [1.54, 1.807) is 7.11 Å². The lowest BCUT2D eigenvalue weighted by Crippen LogP contribution is -2.37. The smallest absolute Gasteiger partial charge is 0.264 e. The third kappa shape index (κ3) is 4.36. The van der Waals surface area contributed by atoms with Crippen molar-refractivity contribution in [3.05, 3.63) is 56.4 Å². The predicted octanol–water partition coefficient (Wildman–Crippen LogP) is 4.32. The molecular formula is C26H31N3O4S. The Balaban J connectivity index is 1.53. The van der Waals surface area contributed by atoms with Crippen LogP contribution in [0.3, 0.4) is 0 Å². The number of ether oxygens (including phenoxy) is 2. The van der Waals surface area contributed by atoms with Gasteiger partial charge in [-0.05, 0) is 44.2 Å². The van der Waals surface area contributed by atoms with Gasteiger partial charge in [-0.15, -0.1) is 11.3 Å². The number of hydrogen-bond donors (Lipinski definition) is 0. The van der Waals surface area contributed by atoms with Crippen molar-refractivity contribution in [2.24, 2.45) is 0 Å². The van der Waals surface area contributed by atoms with Gasteiger partial charge in [-0.25, -0.2) is 4.98 Å². The maximum Gasteiger partial charge on any atom is 0.264 e. The molecule has 3 aromatic rings. The summed E-state index contributed by atoms with van der Waals surface area (Å²) in [5.41, 5.74) is 1.67. The molecule has 1 unspecified atom stereocenters. The Morgan fingerprint density at radius 3 is 2.91 bits per heavy atom. The van der Waals surface area contributed by atoms with E-state index >= 15 is 0 Å². The molecule has 4 heterocycles. The highest BCUT2D eigenvalue weighted by atomic mass is 32.1. The van der Waals surface area contributed by atoms with Gasteiger partial charge in [0.1, 0.15) is 16.4 Å². The predicted molar refractivity (Wildman–Crippen MR) is 133 cm³/mol. The average molecular weight is 482 g/mol. The second kappa shape index (κ2) is 9.88. The summed E-state index contributed by atoms with van der Waals surface area (Å²) in [6.45, 7) is 4.24. The van der Waals surface area contributed by atoms with Crippen molar-refractivity contribution in [1.82, 2.24) is 14.5 Å². The van der Waals surface area contributed by atoms with Crippen molar-refractivity contribution in [2.45, 2.75) is 64.6 Å². The SMILES string of the molecule is COc1ccccc1CN(CC1CCCO1)C(=O)c1sc2nc3n(c(=O)c2c1C)CCCCC3. The molecule has 0 radical (unpaired) electrons. The second-order valence-corrected chi connectivity index (χ2v) is 10.2. The Labute approximate surface area is 203 Å². The molecule has 8 heteroatoms. The third-order valence-electron chi connectivity index (χ3n) is 6.89. The molecule has 0 N–H and O–H groups in total. The number of thiophene rings is 1. The van der Waals surface area contributed by atoms with E-state index in [1.807, 2.05) is 40.7 Å². The van der Waals surface area contributed by atoms with Crippen LogP contribution in [0.15, 0.2) is 29.1 Å². The van der Waals surface area contributed by atoms with E-state index in [9.17, 15) is 9.59 Å². The number of hydrogen-bond acceptors (Lipinski definition) is 6. The van der Waals surface area contributed by atoms with Crippen LogP contribution < -0.4 is 10.3 Å². The Morgan fingerprint density at radius 1 is 1.26 bits per heavy atom. The molecule has 34 heavy (non-hydrogen) atoms. The molecule has 1 amide bonds. The molecule has 1 saturated heterocycles. The van der Waals surface area contributed by atoms with E-state index in [1.165, 1.54) is 11.3 Å². The fourth-order valence-electron chi connectivity index (χ4n) is 5.05. The zero-order chi connectivity index (χ0) is 23.7. The topological polar surface area (TPSA) is 73.7 Å². The normalized spacial score (nSPS) is 18.0. The van der Waals surface area contributed by atoms with Crippen LogP contribution in [0.25, 0.3) is 10.2 Å². The Morgan fingerprint density at radius 2 is 2.12 bits per heavy atom. The number of benzene rings is 1. The van der Waals surface area contributed by atoms with Gasteiger partial charge >= 0.3 is 0 Å². The molecule has 2 aliphatic heterocycles. The summed E-state index contributed by atoms with van der Waals surface area (Å²) in [7, 11) is 1.64. The van der Waals surface area contributed by atoms with E-state index in [2.05, 4.69) is 0 Å². The van der Waals surface area contributed by atoms with Gasteiger partial charge in [-0.1, -0.05) is 24.6 Å². The second-order valence-electron chi connectivity index (χ2n) is 9.16. The van der Waals surface area contributed by atoms with Gasteiger partial charge < -0.3 is 14.4 Å². The first-order chi connectivity index (χ1) is 16.6. The van der Waals surface area contributed by atoms with Crippen LogP contribution in [0.5, 0.6) is 5.75 Å². The van der Waals surface area contributed by atoms with Gasteiger partial charge in [0.2, 0.25) is 0 Å². The van der Waals surface area contributed by atoms with E-state index in [0.29, 0.717) is 34.7 Å². The largest absolute Gasteiger partial charge is 0.496 e. The first kappa shape index (κ1) is 23.1. The quantitative estimate of drug-likeness (QED) is 0.524. The van der Waals surface area contributed by atoms with E-state index < -0.39 is 0 Å². The standard InChI is InChI=1S/C26H31N3O4S/c1-17-22-24(27-21-12-4-3-7-13-29(21)25(22)30)34-23(17)26(31)28(16-19-10-8-14-33-19)15-18-9-5-6-11-20(18)32-2/h5-6,9,11,19H,3-4,7-8,10,12-16H2,1-2H3. The molecule has 1 atom stereocenters. The lowest BCUT2D eigenvalue weighted by atomic mass is 10.1. The number of aryl methyl sites for hydroxylation is 2. The summed E-state index contributed by atoms with van der Waals surface area (Å²) in [5.74, 6) is 1.52. The maximum atomic E-state index is 13.9. The highest BCUT2D eigenvalue weighted by Gasteiger charge is 2.29. The monoisotopic (exact) mass is 481 g/mol. The summed E-state index contributed by atoms with van der Waals surface area (Å²) in [6, 6.07) is 7.77. The summed E-state index contributed by atoms with van der Waals surface area (Å²) in [5, 5.41) is 0.591. The number of nitrogens with zero attached hydrogens (tertiary/aromatic N) is 3. The van der Waals surface area contributed by atoms with Gasteiger partial charge in [0.15, 0.2) is 0 Å². The summed E-state index contributed by atoms with van der Waals surface area (Å²) >= 11 is 1.34. The highest BCUT2D eigenvalue weighted by Crippen LogP contribution is 2.31. The number of aromatic nitrogens is 2. The Kier molecular flexibility index (Phi) is 6.70. The van der Waals surface area contributed by atoms with E-state index in [4.69, 9.17) is 14.5 Å². The first-order valence-corrected chi connectivity index (χ1v) is 12.9. The molecule has 1 aromatic carbocycles. The minimum atomic E-state index is -0.0819. The number of carbonyl (C=O) groups is 1. The lowest BCUT2D eigenvalue weighted by Gasteiger charge is -2.26. The number of rotatable bonds is 6. The van der Waals surface area contributed by atoms with Crippen LogP contribution in [0.4, 0.5) is 0 Å². The van der Waals surface area contributed by atoms with Gasteiger partial charge in [0.05, 0.1) is 23.5 Å². The molecule has 0 saturated carbocycles. The minimum absolute atomic E-state index is 0.00916. The molecule has 2 aromatic heterocycles. The summed E-state index contributed by atoms with van der Waals surface area (Å²) in [6.07, 6.45) is 5.93. The average Bonchev–Trinajstić information content (AvgIpc) is 3.39. The third-order valence-corrected chi connectivity index (χ3v) is 8.07. The van der Waals surface area contributed by atoms with Crippen LogP contribution in [-0.2, 0) is 24.2 Å². The van der Waals surface area contributed by atoms with Crippen molar-refractivity contribution < 1.29 is 14.3 Å². The van der Waals surface area contributed by atoms with Gasteiger partial charge in [0, 0.05) is 38.2 Å². The van der Waals surface area contributed by atoms with Crippen molar-refractivity contribution in [2.75, 3.05) is 20.3 Å².